The molecule has 1 aliphatic heterocycles. The largest absolute Gasteiger partial charge is 0.353 e. The Balaban J connectivity index is 1.41. The third-order valence-corrected chi connectivity index (χ3v) is 6.04. The predicted octanol–water partition coefficient (Wildman–Crippen LogP) is 3.93. The lowest BCUT2D eigenvalue weighted by Crippen LogP contribution is -2.48. The van der Waals surface area contributed by atoms with E-state index in [1.807, 2.05) is 25.4 Å². The molecular weight excluding hydrogens is 396 g/mol. The molecule has 1 fully saturated rings. The summed E-state index contributed by atoms with van der Waals surface area (Å²) >= 11 is 6.15. The number of aryl methyl sites for hydroxylation is 1. The molecule has 0 aliphatic carbocycles. The minimum absolute atomic E-state index is 0.203. The summed E-state index contributed by atoms with van der Waals surface area (Å²) < 4.78 is 1.79. The van der Waals surface area contributed by atoms with E-state index in [0.29, 0.717) is 0 Å². The van der Waals surface area contributed by atoms with Gasteiger partial charge in [0.05, 0.1) is 17.6 Å². The van der Waals surface area contributed by atoms with E-state index in [-0.39, 0.29) is 6.04 Å². The molecule has 0 N–H and O–H groups in total. The molecule has 0 unspecified atom stereocenters. The Labute approximate surface area is 180 Å². The van der Waals surface area contributed by atoms with Crippen LogP contribution in [-0.2, 0) is 7.05 Å². The molecule has 3 heterocycles. The zero-order valence-corrected chi connectivity index (χ0v) is 17.6. The minimum Gasteiger partial charge on any atom is -0.353 e. The van der Waals surface area contributed by atoms with E-state index in [1.54, 1.807) is 11.0 Å². The first-order valence-electron chi connectivity index (χ1n) is 10.1. The van der Waals surface area contributed by atoms with Gasteiger partial charge in [0.15, 0.2) is 5.65 Å². The Kier molecular flexibility index (Phi) is 5.11. The number of nitrogens with zero attached hydrogens (tertiary/aromatic N) is 6. The number of hydrogen-bond acceptors (Lipinski definition) is 5. The molecule has 152 valence electrons. The number of rotatable bonds is 4. The molecule has 1 saturated heterocycles. The number of piperazine rings is 1. The highest BCUT2D eigenvalue weighted by Gasteiger charge is 2.27. The number of hydrogen-bond donors (Lipinski definition) is 0. The molecule has 0 radical (unpaired) electrons. The van der Waals surface area contributed by atoms with E-state index in [0.717, 1.165) is 48.1 Å². The number of anilines is 1. The Morgan fingerprint density at radius 2 is 1.57 bits per heavy atom. The SMILES string of the molecule is Cn1ncc2c(N3CCN([C@@H](c4ccccc4)c4ccc(Cl)cc4)CC3)ncnc21. The quantitative estimate of drug-likeness (QED) is 0.502. The van der Waals surface area contributed by atoms with Crippen LogP contribution < -0.4 is 4.90 Å². The molecule has 6 nitrogen and oxygen atoms in total. The molecule has 7 heteroatoms. The first kappa shape index (κ1) is 19.0. The first-order chi connectivity index (χ1) is 14.7. The van der Waals surface area contributed by atoms with Gasteiger partial charge in [-0.15, -0.1) is 0 Å². The Hall–Kier alpha value is -2.96. The second-order valence-electron chi connectivity index (χ2n) is 7.59. The molecule has 4 aromatic rings. The number of aromatic nitrogens is 4. The average Bonchev–Trinajstić information content (AvgIpc) is 3.18. The van der Waals surface area contributed by atoms with Crippen molar-refractivity contribution in [3.8, 4) is 0 Å². The van der Waals surface area contributed by atoms with Gasteiger partial charge in [0.25, 0.3) is 0 Å². The molecule has 5 rings (SSSR count). The zero-order valence-electron chi connectivity index (χ0n) is 16.8. The summed E-state index contributed by atoms with van der Waals surface area (Å²) in [7, 11) is 1.91. The minimum atomic E-state index is 0.203. The molecule has 1 atom stereocenters. The van der Waals surface area contributed by atoms with Gasteiger partial charge in [-0.05, 0) is 23.3 Å². The summed E-state index contributed by atoms with van der Waals surface area (Å²) in [5, 5.41) is 6.12. The number of fused-ring (bicyclic) bond motifs is 1. The standard InChI is InChI=1S/C23H23ClN6/c1-28-22-20(15-27-28)23(26-16-25-22)30-13-11-29(12-14-30)21(17-5-3-2-4-6-17)18-7-9-19(24)10-8-18/h2-10,15-16,21H,11-14H2,1H3/t21-/m0/s1. The van der Waals surface area contributed by atoms with E-state index in [2.05, 4.69) is 67.3 Å². The molecule has 1 aliphatic rings. The summed E-state index contributed by atoms with van der Waals surface area (Å²) in [5.74, 6) is 0.968. The lowest BCUT2D eigenvalue weighted by Gasteiger charge is -2.40. The van der Waals surface area contributed by atoms with Gasteiger partial charge in [0.2, 0.25) is 0 Å². The number of halogens is 1. The fourth-order valence-electron chi connectivity index (χ4n) is 4.29. The predicted molar refractivity (Wildman–Crippen MR) is 120 cm³/mol. The molecule has 0 bridgehead atoms. The monoisotopic (exact) mass is 418 g/mol. The topological polar surface area (TPSA) is 50.1 Å². The van der Waals surface area contributed by atoms with Gasteiger partial charge in [-0.25, -0.2) is 9.97 Å². The van der Waals surface area contributed by atoms with Crippen LogP contribution >= 0.6 is 11.6 Å². The average molecular weight is 419 g/mol. The van der Waals surface area contributed by atoms with Crippen molar-refractivity contribution in [2.75, 3.05) is 31.1 Å². The van der Waals surface area contributed by atoms with Crippen LogP contribution in [0.4, 0.5) is 5.82 Å². The number of benzene rings is 2. The lowest BCUT2D eigenvalue weighted by atomic mass is 9.96. The van der Waals surface area contributed by atoms with Gasteiger partial charge in [-0.3, -0.25) is 9.58 Å². The summed E-state index contributed by atoms with van der Waals surface area (Å²) in [4.78, 5) is 13.8. The zero-order chi connectivity index (χ0) is 20.5. The second-order valence-corrected chi connectivity index (χ2v) is 8.03. The van der Waals surface area contributed by atoms with Crippen LogP contribution in [0.5, 0.6) is 0 Å². The Morgan fingerprint density at radius 3 is 2.30 bits per heavy atom. The first-order valence-corrected chi connectivity index (χ1v) is 10.5. The Bertz CT molecular complexity index is 1130. The molecule has 2 aromatic carbocycles. The normalized spacial score (nSPS) is 16.1. The van der Waals surface area contributed by atoms with E-state index < -0.39 is 0 Å². The van der Waals surface area contributed by atoms with Crippen LogP contribution in [0.3, 0.4) is 0 Å². The van der Waals surface area contributed by atoms with E-state index in [4.69, 9.17) is 11.6 Å². The van der Waals surface area contributed by atoms with Crippen LogP contribution in [0, 0.1) is 0 Å². The highest BCUT2D eigenvalue weighted by molar-refractivity contribution is 6.30. The van der Waals surface area contributed by atoms with Gasteiger partial charge in [0.1, 0.15) is 12.1 Å². The van der Waals surface area contributed by atoms with Crippen LogP contribution in [0.15, 0.2) is 67.1 Å². The third-order valence-electron chi connectivity index (χ3n) is 5.79. The Morgan fingerprint density at radius 1 is 0.867 bits per heavy atom. The van der Waals surface area contributed by atoms with Gasteiger partial charge in [-0.2, -0.15) is 5.10 Å². The fourth-order valence-corrected chi connectivity index (χ4v) is 4.41. The maximum atomic E-state index is 6.15. The molecular formula is C23H23ClN6. The van der Waals surface area contributed by atoms with Gasteiger partial charge in [0, 0.05) is 38.2 Å². The van der Waals surface area contributed by atoms with Crippen molar-refractivity contribution in [1.82, 2.24) is 24.6 Å². The van der Waals surface area contributed by atoms with Crippen molar-refractivity contribution < 1.29 is 0 Å². The summed E-state index contributed by atoms with van der Waals surface area (Å²) in [6, 6.07) is 19.1. The second kappa shape index (κ2) is 8.05. The fraction of sp³-hybridized carbons (Fsp3) is 0.261. The summed E-state index contributed by atoms with van der Waals surface area (Å²) in [5.41, 5.74) is 3.42. The third kappa shape index (κ3) is 3.53. The molecule has 2 aromatic heterocycles. The van der Waals surface area contributed by atoms with Crippen molar-refractivity contribution in [3.63, 3.8) is 0 Å². The van der Waals surface area contributed by atoms with Gasteiger partial charge < -0.3 is 4.90 Å². The van der Waals surface area contributed by atoms with Crippen LogP contribution in [-0.4, -0.2) is 50.8 Å². The lowest BCUT2D eigenvalue weighted by molar-refractivity contribution is 0.212. The van der Waals surface area contributed by atoms with Crippen molar-refractivity contribution in [2.24, 2.45) is 7.05 Å². The molecule has 0 amide bonds. The van der Waals surface area contributed by atoms with Crippen LogP contribution in [0.1, 0.15) is 17.2 Å². The smallest absolute Gasteiger partial charge is 0.163 e. The highest BCUT2D eigenvalue weighted by Crippen LogP contribution is 2.31. The van der Waals surface area contributed by atoms with E-state index in [1.165, 1.54) is 11.1 Å². The van der Waals surface area contributed by atoms with Crippen molar-refractivity contribution in [2.45, 2.75) is 6.04 Å². The summed E-state index contributed by atoms with van der Waals surface area (Å²) in [6.45, 7) is 3.68. The van der Waals surface area contributed by atoms with Gasteiger partial charge in [-0.1, -0.05) is 54.1 Å². The molecule has 0 saturated carbocycles. The van der Waals surface area contributed by atoms with Crippen LogP contribution in [0.25, 0.3) is 11.0 Å². The highest BCUT2D eigenvalue weighted by atomic mass is 35.5. The van der Waals surface area contributed by atoms with E-state index in [9.17, 15) is 0 Å². The van der Waals surface area contributed by atoms with Gasteiger partial charge >= 0.3 is 0 Å². The van der Waals surface area contributed by atoms with Crippen molar-refractivity contribution in [3.05, 3.63) is 83.3 Å². The van der Waals surface area contributed by atoms with Crippen molar-refractivity contribution in [1.29, 1.82) is 0 Å². The van der Waals surface area contributed by atoms with Crippen LogP contribution in [0.2, 0.25) is 5.02 Å². The summed E-state index contributed by atoms with van der Waals surface area (Å²) in [6.07, 6.45) is 3.49. The molecule has 0 spiro atoms. The molecule has 30 heavy (non-hydrogen) atoms. The maximum Gasteiger partial charge on any atom is 0.163 e. The van der Waals surface area contributed by atoms with Crippen molar-refractivity contribution >= 4 is 28.5 Å². The van der Waals surface area contributed by atoms with E-state index >= 15 is 0 Å². The maximum absolute atomic E-state index is 6.15.